The quantitative estimate of drug-likeness (QED) is 0.678. The molecule has 0 saturated carbocycles. The number of nitrogen functional groups attached to an aromatic ring is 1. The van der Waals surface area contributed by atoms with E-state index in [2.05, 4.69) is 21.4 Å². The summed E-state index contributed by atoms with van der Waals surface area (Å²) in [5.41, 5.74) is 7.54. The molecule has 2 aromatic heterocycles. The largest absolute Gasteiger partial charge is 0.382 e. The number of likely N-dealkylation sites (tertiary alicyclic amines) is 1. The number of fused-ring (bicyclic) bond motifs is 2. The molecule has 2 fully saturated rings. The Morgan fingerprint density at radius 1 is 1.23 bits per heavy atom. The van der Waals surface area contributed by atoms with Crippen LogP contribution in [-0.2, 0) is 21.6 Å². The number of carbonyl (C=O) groups excluding carboxylic acids is 1. The molecule has 1 atom stereocenters. The standard InChI is InChI=1S/C21H27N5O2S.2ClH/c22-19-13-24-16(12-25-19)18-11-14-17(29-18)4-10-28-21(14)5-8-26(9-6-21)20(27)15-3-1-2-7-23-15;;/h11-13,15,23H,1-10H2,(H2,22,25);2*1H/t15-;;/m0../s1. The number of hydrogen-bond acceptors (Lipinski definition) is 7. The minimum Gasteiger partial charge on any atom is -0.382 e. The minimum absolute atomic E-state index is 0. The number of carbonyl (C=O) groups is 1. The lowest BCUT2D eigenvalue weighted by molar-refractivity contribution is -0.143. The van der Waals surface area contributed by atoms with Crippen LogP contribution in [0.15, 0.2) is 18.5 Å². The van der Waals surface area contributed by atoms with E-state index in [1.807, 2.05) is 4.90 Å². The van der Waals surface area contributed by atoms with Gasteiger partial charge in [-0.25, -0.2) is 9.97 Å². The van der Waals surface area contributed by atoms with Crippen LogP contribution in [-0.4, -0.2) is 53.1 Å². The van der Waals surface area contributed by atoms with Crippen LogP contribution in [0.1, 0.15) is 42.5 Å². The molecule has 0 aromatic carbocycles. The number of ether oxygens (including phenoxy) is 1. The zero-order valence-electron chi connectivity index (χ0n) is 17.3. The van der Waals surface area contributed by atoms with E-state index in [4.69, 9.17) is 10.5 Å². The number of nitrogens with zero attached hydrogens (tertiary/aromatic N) is 3. The van der Waals surface area contributed by atoms with Crippen molar-refractivity contribution in [3.63, 3.8) is 0 Å². The van der Waals surface area contributed by atoms with E-state index in [9.17, 15) is 4.79 Å². The van der Waals surface area contributed by atoms with Gasteiger partial charge in [-0.2, -0.15) is 0 Å². The first-order valence-electron chi connectivity index (χ1n) is 10.5. The third kappa shape index (κ3) is 4.68. The second kappa shape index (κ2) is 10.0. The van der Waals surface area contributed by atoms with Crippen molar-refractivity contribution in [1.29, 1.82) is 0 Å². The van der Waals surface area contributed by atoms with Crippen molar-refractivity contribution < 1.29 is 9.53 Å². The number of nitrogens with one attached hydrogen (secondary N) is 1. The smallest absolute Gasteiger partial charge is 0.239 e. The van der Waals surface area contributed by atoms with Gasteiger partial charge < -0.3 is 20.7 Å². The van der Waals surface area contributed by atoms with E-state index in [1.54, 1.807) is 23.7 Å². The molecule has 0 bridgehead atoms. The Bertz CT molecular complexity index is 894. The first-order valence-corrected chi connectivity index (χ1v) is 11.3. The zero-order valence-corrected chi connectivity index (χ0v) is 19.8. The normalized spacial score (nSPS) is 22.2. The molecule has 170 valence electrons. The predicted octanol–water partition coefficient (Wildman–Crippen LogP) is 3.16. The number of anilines is 1. The summed E-state index contributed by atoms with van der Waals surface area (Å²) in [6.45, 7) is 3.19. The van der Waals surface area contributed by atoms with Crippen molar-refractivity contribution in [2.24, 2.45) is 0 Å². The van der Waals surface area contributed by atoms with Gasteiger partial charge in [-0.15, -0.1) is 36.2 Å². The second-order valence-electron chi connectivity index (χ2n) is 8.19. The molecule has 5 heterocycles. The van der Waals surface area contributed by atoms with Gasteiger partial charge in [0.1, 0.15) is 5.82 Å². The van der Waals surface area contributed by atoms with Crippen LogP contribution < -0.4 is 11.1 Å². The van der Waals surface area contributed by atoms with Crippen molar-refractivity contribution in [2.75, 3.05) is 32.0 Å². The molecule has 31 heavy (non-hydrogen) atoms. The number of amides is 1. The van der Waals surface area contributed by atoms with Crippen LogP contribution in [0.25, 0.3) is 10.6 Å². The summed E-state index contributed by atoms with van der Waals surface area (Å²) in [5, 5.41) is 3.39. The maximum Gasteiger partial charge on any atom is 0.239 e. The first kappa shape index (κ1) is 24.2. The summed E-state index contributed by atoms with van der Waals surface area (Å²) in [7, 11) is 0. The Labute approximate surface area is 199 Å². The summed E-state index contributed by atoms with van der Waals surface area (Å²) in [4.78, 5) is 26.0. The molecular weight excluding hydrogens is 457 g/mol. The van der Waals surface area contributed by atoms with Crippen LogP contribution in [0.4, 0.5) is 5.82 Å². The zero-order chi connectivity index (χ0) is 19.8. The molecule has 7 nitrogen and oxygen atoms in total. The SMILES string of the molecule is Cl.Cl.Nc1cnc(-c2cc3c(s2)CCOC32CCN(C(=O)[C@@H]3CCCCN3)CC2)cn1. The minimum atomic E-state index is -0.277. The number of hydrogen-bond donors (Lipinski definition) is 2. The second-order valence-corrected chi connectivity index (χ2v) is 9.33. The van der Waals surface area contributed by atoms with E-state index < -0.39 is 0 Å². The summed E-state index contributed by atoms with van der Waals surface area (Å²) in [5.74, 6) is 0.693. The van der Waals surface area contributed by atoms with Gasteiger partial charge in [0.15, 0.2) is 0 Å². The maximum atomic E-state index is 12.9. The molecular formula is C21H29Cl2N5O2S. The molecule has 1 spiro atoms. The number of nitrogens with two attached hydrogens (primary N) is 1. The van der Waals surface area contributed by atoms with Crippen molar-refractivity contribution in [3.05, 3.63) is 28.9 Å². The molecule has 0 radical (unpaired) electrons. The van der Waals surface area contributed by atoms with Crippen molar-refractivity contribution >= 4 is 47.9 Å². The van der Waals surface area contributed by atoms with Gasteiger partial charge >= 0.3 is 0 Å². The Kier molecular flexibility index (Phi) is 7.81. The highest BCUT2D eigenvalue weighted by atomic mass is 35.5. The lowest BCUT2D eigenvalue weighted by atomic mass is 9.82. The van der Waals surface area contributed by atoms with E-state index in [1.165, 1.54) is 16.9 Å². The third-order valence-electron chi connectivity index (χ3n) is 6.42. The van der Waals surface area contributed by atoms with Crippen molar-refractivity contribution in [1.82, 2.24) is 20.2 Å². The number of halogens is 2. The van der Waals surface area contributed by atoms with Gasteiger partial charge in [-0.1, -0.05) is 6.42 Å². The fraction of sp³-hybridized carbons (Fsp3) is 0.571. The van der Waals surface area contributed by atoms with E-state index in [-0.39, 0.29) is 42.4 Å². The number of piperidine rings is 2. The van der Waals surface area contributed by atoms with Gasteiger partial charge in [0.2, 0.25) is 5.91 Å². The van der Waals surface area contributed by atoms with Crippen LogP contribution in [0.2, 0.25) is 0 Å². The molecule has 3 aliphatic rings. The highest BCUT2D eigenvalue weighted by Crippen LogP contribution is 2.46. The lowest BCUT2D eigenvalue weighted by Gasteiger charge is -2.44. The third-order valence-corrected chi connectivity index (χ3v) is 7.64. The highest BCUT2D eigenvalue weighted by molar-refractivity contribution is 7.15. The van der Waals surface area contributed by atoms with Gasteiger partial charge in [-0.05, 0) is 43.9 Å². The molecule has 1 amide bonds. The number of aromatic nitrogens is 2. The number of thiophene rings is 1. The Morgan fingerprint density at radius 2 is 2.03 bits per heavy atom. The summed E-state index contributed by atoms with van der Waals surface area (Å²) in [6.07, 6.45) is 9.23. The van der Waals surface area contributed by atoms with E-state index >= 15 is 0 Å². The number of rotatable bonds is 2. The van der Waals surface area contributed by atoms with Gasteiger partial charge in [0.05, 0.1) is 41.2 Å². The average Bonchev–Trinajstić information content (AvgIpc) is 3.21. The molecule has 0 unspecified atom stereocenters. The summed E-state index contributed by atoms with van der Waals surface area (Å²) in [6, 6.07) is 2.22. The Morgan fingerprint density at radius 3 is 2.71 bits per heavy atom. The van der Waals surface area contributed by atoms with Crippen molar-refractivity contribution in [2.45, 2.75) is 50.2 Å². The predicted molar refractivity (Wildman–Crippen MR) is 127 cm³/mol. The van der Waals surface area contributed by atoms with Gasteiger partial charge in [-0.3, -0.25) is 4.79 Å². The van der Waals surface area contributed by atoms with Crippen LogP contribution in [0.3, 0.4) is 0 Å². The molecule has 3 N–H and O–H groups in total. The summed E-state index contributed by atoms with van der Waals surface area (Å²) < 4.78 is 6.37. The molecule has 3 aliphatic heterocycles. The molecule has 10 heteroatoms. The maximum absolute atomic E-state index is 12.9. The van der Waals surface area contributed by atoms with E-state index in [0.717, 1.165) is 68.9 Å². The van der Waals surface area contributed by atoms with E-state index in [0.29, 0.717) is 5.82 Å². The Hall–Kier alpha value is -1.45. The highest BCUT2D eigenvalue weighted by Gasteiger charge is 2.43. The fourth-order valence-corrected chi connectivity index (χ4v) is 5.99. The molecule has 5 rings (SSSR count). The average molecular weight is 486 g/mol. The van der Waals surface area contributed by atoms with Gasteiger partial charge in [0.25, 0.3) is 0 Å². The summed E-state index contributed by atoms with van der Waals surface area (Å²) >= 11 is 1.78. The topological polar surface area (TPSA) is 93.4 Å². The Balaban J connectivity index is 0.00000136. The first-order chi connectivity index (χ1) is 14.1. The van der Waals surface area contributed by atoms with Crippen molar-refractivity contribution in [3.8, 4) is 10.6 Å². The lowest BCUT2D eigenvalue weighted by Crippen LogP contribution is -2.53. The van der Waals surface area contributed by atoms with Gasteiger partial charge in [0, 0.05) is 24.4 Å². The molecule has 2 saturated heterocycles. The molecule has 2 aromatic rings. The van der Waals surface area contributed by atoms with Crippen LogP contribution >= 0.6 is 36.2 Å². The molecule has 0 aliphatic carbocycles. The fourth-order valence-electron chi connectivity index (χ4n) is 4.79. The van der Waals surface area contributed by atoms with Crippen LogP contribution in [0, 0.1) is 0 Å². The monoisotopic (exact) mass is 485 g/mol. The van der Waals surface area contributed by atoms with Crippen LogP contribution in [0.5, 0.6) is 0 Å².